The first-order chi connectivity index (χ1) is 12.8. The zero-order chi connectivity index (χ0) is 19.6. The Hall–Kier alpha value is -2.22. The number of Topliss-reactive ketones (excluding diaryl/α,β-unsaturated/α-hetero) is 1. The summed E-state index contributed by atoms with van der Waals surface area (Å²) >= 11 is 5.88. The fraction of sp³-hybridized carbons (Fsp3) is 0.263. The number of halogens is 1. The Balaban J connectivity index is 1.67. The average Bonchev–Trinajstić information content (AvgIpc) is 2.67. The number of carbonyl (C=O) groups excluding carboxylic acids is 2. The minimum Gasteiger partial charge on any atom is -0.333 e. The van der Waals surface area contributed by atoms with Gasteiger partial charge in [0, 0.05) is 36.8 Å². The van der Waals surface area contributed by atoms with Crippen molar-refractivity contribution in [3.63, 3.8) is 0 Å². The van der Waals surface area contributed by atoms with Crippen LogP contribution in [0.25, 0.3) is 0 Å². The Morgan fingerprint density at radius 2 is 1.59 bits per heavy atom. The van der Waals surface area contributed by atoms with E-state index in [0.29, 0.717) is 10.6 Å². The highest BCUT2D eigenvalue weighted by Crippen LogP contribution is 2.21. The molecule has 1 aliphatic rings. The maximum absolute atomic E-state index is 12.7. The summed E-state index contributed by atoms with van der Waals surface area (Å²) in [5, 5.41) is 0.341. The number of nitrogens with zero attached hydrogens (tertiary/aromatic N) is 2. The smallest absolute Gasteiger partial charge is 0.295 e. The van der Waals surface area contributed by atoms with E-state index < -0.39 is 21.7 Å². The van der Waals surface area contributed by atoms with E-state index in [9.17, 15) is 18.0 Å². The molecule has 0 aromatic heterocycles. The molecule has 0 unspecified atom stereocenters. The van der Waals surface area contributed by atoms with Crippen LogP contribution >= 0.6 is 11.6 Å². The molecule has 2 aromatic carbocycles. The number of piperazine rings is 1. The van der Waals surface area contributed by atoms with Gasteiger partial charge in [-0.15, -0.1) is 0 Å². The lowest BCUT2D eigenvalue weighted by molar-refractivity contribution is -0.127. The Labute approximate surface area is 163 Å². The molecule has 2 aromatic rings. The molecule has 27 heavy (non-hydrogen) atoms. The number of sulfonamides is 1. The predicted molar refractivity (Wildman–Crippen MR) is 102 cm³/mol. The van der Waals surface area contributed by atoms with Crippen molar-refractivity contribution >= 4 is 33.3 Å². The molecule has 1 fully saturated rings. The van der Waals surface area contributed by atoms with Gasteiger partial charge < -0.3 is 4.90 Å². The quantitative estimate of drug-likeness (QED) is 0.577. The summed E-state index contributed by atoms with van der Waals surface area (Å²) in [6.07, 6.45) is 0. The zero-order valence-electron chi connectivity index (χ0n) is 14.8. The molecule has 0 bridgehead atoms. The number of benzene rings is 2. The van der Waals surface area contributed by atoms with Gasteiger partial charge in [-0.25, -0.2) is 8.42 Å². The number of ketones is 1. The summed E-state index contributed by atoms with van der Waals surface area (Å²) in [7, 11) is -3.68. The van der Waals surface area contributed by atoms with Crippen LogP contribution in [-0.4, -0.2) is 55.5 Å². The van der Waals surface area contributed by atoms with Crippen LogP contribution in [0.1, 0.15) is 15.9 Å². The van der Waals surface area contributed by atoms with Crippen LogP contribution in [0.15, 0.2) is 53.4 Å². The molecule has 0 N–H and O–H groups in total. The molecule has 0 spiro atoms. The maximum atomic E-state index is 12.7. The van der Waals surface area contributed by atoms with Gasteiger partial charge in [0.05, 0.1) is 4.90 Å². The fourth-order valence-electron chi connectivity index (χ4n) is 2.88. The lowest BCUT2D eigenvalue weighted by Crippen LogP contribution is -2.52. The number of hydrogen-bond donors (Lipinski definition) is 0. The Morgan fingerprint density at radius 3 is 2.19 bits per heavy atom. The molecule has 1 saturated heterocycles. The number of carbonyl (C=O) groups is 2. The highest BCUT2D eigenvalue weighted by molar-refractivity contribution is 7.89. The minimum absolute atomic E-state index is 0.116. The summed E-state index contributed by atoms with van der Waals surface area (Å²) in [5.74, 6) is -1.19. The van der Waals surface area contributed by atoms with Crippen LogP contribution in [0.3, 0.4) is 0 Å². The molecular formula is C19H19ClN2O4S. The molecule has 0 saturated carbocycles. The standard InChI is InChI=1S/C19H19ClN2O4S/c1-14-5-7-15(8-6-14)18(23)19(24)21-9-11-22(12-10-21)27(25,26)17-4-2-3-16(20)13-17/h2-8,13H,9-12H2,1H3. The van der Waals surface area contributed by atoms with E-state index in [1.54, 1.807) is 36.4 Å². The number of rotatable bonds is 4. The van der Waals surface area contributed by atoms with Crippen molar-refractivity contribution in [1.29, 1.82) is 0 Å². The SMILES string of the molecule is Cc1ccc(C(=O)C(=O)N2CCN(S(=O)(=O)c3cccc(Cl)c3)CC2)cc1. The summed E-state index contributed by atoms with van der Waals surface area (Å²) in [5.41, 5.74) is 1.33. The van der Waals surface area contributed by atoms with Crippen molar-refractivity contribution in [3.05, 3.63) is 64.7 Å². The van der Waals surface area contributed by atoms with Crippen LogP contribution < -0.4 is 0 Å². The second-order valence-electron chi connectivity index (χ2n) is 6.35. The van der Waals surface area contributed by atoms with Gasteiger partial charge in [0.1, 0.15) is 0 Å². The first-order valence-electron chi connectivity index (χ1n) is 8.45. The minimum atomic E-state index is -3.68. The highest BCUT2D eigenvalue weighted by atomic mass is 35.5. The van der Waals surface area contributed by atoms with E-state index in [1.165, 1.54) is 21.3 Å². The summed E-state index contributed by atoms with van der Waals surface area (Å²) < 4.78 is 26.7. The highest BCUT2D eigenvalue weighted by Gasteiger charge is 2.32. The van der Waals surface area contributed by atoms with Gasteiger partial charge in [0.25, 0.3) is 5.91 Å². The van der Waals surface area contributed by atoms with E-state index in [-0.39, 0.29) is 31.1 Å². The van der Waals surface area contributed by atoms with Crippen molar-refractivity contribution in [2.75, 3.05) is 26.2 Å². The molecule has 3 rings (SSSR count). The van der Waals surface area contributed by atoms with E-state index in [1.807, 2.05) is 6.92 Å². The third-order valence-corrected chi connectivity index (χ3v) is 6.60. The molecule has 6 nitrogen and oxygen atoms in total. The lowest BCUT2D eigenvalue weighted by Gasteiger charge is -2.33. The van der Waals surface area contributed by atoms with E-state index >= 15 is 0 Å². The molecule has 8 heteroatoms. The number of amides is 1. The largest absolute Gasteiger partial charge is 0.333 e. The van der Waals surface area contributed by atoms with Crippen molar-refractivity contribution in [2.24, 2.45) is 0 Å². The Morgan fingerprint density at radius 1 is 0.963 bits per heavy atom. The first kappa shape index (κ1) is 19.5. The number of aryl methyl sites for hydroxylation is 1. The van der Waals surface area contributed by atoms with Crippen LogP contribution in [0.5, 0.6) is 0 Å². The van der Waals surface area contributed by atoms with Crippen LogP contribution in [0, 0.1) is 6.92 Å². The maximum Gasteiger partial charge on any atom is 0.295 e. The monoisotopic (exact) mass is 406 g/mol. The van der Waals surface area contributed by atoms with Gasteiger partial charge in [-0.1, -0.05) is 47.5 Å². The third-order valence-electron chi connectivity index (χ3n) is 4.47. The second-order valence-corrected chi connectivity index (χ2v) is 8.72. The van der Waals surface area contributed by atoms with Gasteiger partial charge in [0.15, 0.2) is 0 Å². The van der Waals surface area contributed by atoms with E-state index in [4.69, 9.17) is 11.6 Å². The van der Waals surface area contributed by atoms with Crippen molar-refractivity contribution in [2.45, 2.75) is 11.8 Å². The van der Waals surface area contributed by atoms with Gasteiger partial charge >= 0.3 is 0 Å². The number of hydrogen-bond acceptors (Lipinski definition) is 4. The van der Waals surface area contributed by atoms with E-state index in [2.05, 4.69) is 0 Å². The normalized spacial score (nSPS) is 15.6. The Kier molecular flexibility index (Phi) is 5.64. The summed E-state index contributed by atoms with van der Waals surface area (Å²) in [6, 6.07) is 12.9. The molecule has 0 atom stereocenters. The van der Waals surface area contributed by atoms with Gasteiger partial charge in [-0.05, 0) is 25.1 Å². The molecular weight excluding hydrogens is 388 g/mol. The summed E-state index contributed by atoms with van der Waals surface area (Å²) in [6.45, 7) is 2.48. The summed E-state index contributed by atoms with van der Waals surface area (Å²) in [4.78, 5) is 26.3. The fourth-order valence-corrected chi connectivity index (χ4v) is 4.60. The second kappa shape index (κ2) is 7.80. The predicted octanol–water partition coefficient (Wildman–Crippen LogP) is 2.36. The van der Waals surface area contributed by atoms with Crippen molar-refractivity contribution < 1.29 is 18.0 Å². The van der Waals surface area contributed by atoms with Crippen LogP contribution in [-0.2, 0) is 14.8 Å². The van der Waals surface area contributed by atoms with Gasteiger partial charge in [-0.3, -0.25) is 9.59 Å². The average molecular weight is 407 g/mol. The van der Waals surface area contributed by atoms with Gasteiger partial charge in [0.2, 0.25) is 15.8 Å². The lowest BCUT2D eigenvalue weighted by atomic mass is 10.1. The third kappa shape index (κ3) is 4.21. The topological polar surface area (TPSA) is 74.8 Å². The van der Waals surface area contributed by atoms with Crippen LogP contribution in [0.4, 0.5) is 0 Å². The molecule has 142 valence electrons. The first-order valence-corrected chi connectivity index (χ1v) is 10.3. The van der Waals surface area contributed by atoms with Gasteiger partial charge in [-0.2, -0.15) is 4.31 Å². The van der Waals surface area contributed by atoms with E-state index in [0.717, 1.165) is 5.56 Å². The molecule has 1 aliphatic heterocycles. The zero-order valence-corrected chi connectivity index (χ0v) is 16.3. The molecule has 1 amide bonds. The van der Waals surface area contributed by atoms with Crippen molar-refractivity contribution in [3.8, 4) is 0 Å². The van der Waals surface area contributed by atoms with Crippen molar-refractivity contribution in [1.82, 2.24) is 9.21 Å². The van der Waals surface area contributed by atoms with Crippen LogP contribution in [0.2, 0.25) is 5.02 Å². The molecule has 1 heterocycles. The molecule has 0 aliphatic carbocycles. The molecule has 0 radical (unpaired) electrons. The Bertz CT molecular complexity index is 965.